The van der Waals surface area contributed by atoms with Crippen LogP contribution >= 0.6 is 0 Å². The van der Waals surface area contributed by atoms with Crippen LogP contribution in [0.2, 0.25) is 0 Å². The third-order valence-corrected chi connectivity index (χ3v) is 2.65. The SMILES string of the molecule is CC(C)CNCC(=O)NCCCc1ccccc1. The van der Waals surface area contributed by atoms with Crippen LogP contribution in [0, 0.1) is 5.92 Å². The van der Waals surface area contributed by atoms with Crippen molar-refractivity contribution in [3.05, 3.63) is 35.9 Å². The zero-order valence-corrected chi connectivity index (χ0v) is 11.4. The molecule has 1 amide bonds. The molecule has 3 heteroatoms. The number of nitrogens with one attached hydrogen (secondary N) is 2. The van der Waals surface area contributed by atoms with E-state index in [2.05, 4.69) is 36.6 Å². The van der Waals surface area contributed by atoms with Crippen LogP contribution in [0.25, 0.3) is 0 Å². The maximum absolute atomic E-state index is 11.5. The van der Waals surface area contributed by atoms with Gasteiger partial charge in [-0.1, -0.05) is 44.2 Å². The topological polar surface area (TPSA) is 41.1 Å². The standard InChI is InChI=1S/C15H24N2O/c1-13(2)11-16-12-15(18)17-10-6-9-14-7-4-3-5-8-14/h3-5,7-8,13,16H,6,9-12H2,1-2H3,(H,17,18). The van der Waals surface area contributed by atoms with Gasteiger partial charge >= 0.3 is 0 Å². The Kier molecular flexibility index (Phi) is 7.11. The largest absolute Gasteiger partial charge is 0.355 e. The molecular formula is C15H24N2O. The van der Waals surface area contributed by atoms with E-state index in [-0.39, 0.29) is 5.91 Å². The third-order valence-electron chi connectivity index (χ3n) is 2.65. The number of hydrogen-bond donors (Lipinski definition) is 2. The molecule has 2 N–H and O–H groups in total. The molecule has 0 aliphatic rings. The summed E-state index contributed by atoms with van der Waals surface area (Å²) in [5.74, 6) is 0.666. The van der Waals surface area contributed by atoms with Gasteiger partial charge in [-0.3, -0.25) is 4.79 Å². The molecule has 0 unspecified atom stereocenters. The Hall–Kier alpha value is -1.35. The monoisotopic (exact) mass is 248 g/mol. The Morgan fingerprint density at radius 2 is 1.94 bits per heavy atom. The molecule has 18 heavy (non-hydrogen) atoms. The molecule has 0 radical (unpaired) electrons. The summed E-state index contributed by atoms with van der Waals surface area (Å²) in [5.41, 5.74) is 1.32. The highest BCUT2D eigenvalue weighted by Crippen LogP contribution is 2.01. The van der Waals surface area contributed by atoms with E-state index < -0.39 is 0 Å². The Balaban J connectivity index is 2.02. The number of amides is 1. The lowest BCUT2D eigenvalue weighted by Gasteiger charge is -2.08. The van der Waals surface area contributed by atoms with Gasteiger partial charge in [0.1, 0.15) is 0 Å². The lowest BCUT2D eigenvalue weighted by Crippen LogP contribution is -2.35. The Morgan fingerprint density at radius 1 is 1.22 bits per heavy atom. The van der Waals surface area contributed by atoms with E-state index in [4.69, 9.17) is 0 Å². The summed E-state index contributed by atoms with van der Waals surface area (Å²) < 4.78 is 0. The number of carbonyl (C=O) groups is 1. The van der Waals surface area contributed by atoms with E-state index >= 15 is 0 Å². The van der Waals surface area contributed by atoms with Gasteiger partial charge in [0.15, 0.2) is 0 Å². The Labute approximate surface area is 110 Å². The van der Waals surface area contributed by atoms with Gasteiger partial charge in [-0.15, -0.1) is 0 Å². The van der Waals surface area contributed by atoms with Crippen LogP contribution in [0.15, 0.2) is 30.3 Å². The molecule has 0 saturated carbocycles. The summed E-state index contributed by atoms with van der Waals surface area (Å²) in [6.07, 6.45) is 2.00. The first-order chi connectivity index (χ1) is 8.68. The second-order valence-electron chi connectivity index (χ2n) is 4.96. The van der Waals surface area contributed by atoms with Crippen LogP contribution in [0.1, 0.15) is 25.8 Å². The molecule has 1 aromatic rings. The van der Waals surface area contributed by atoms with Crippen molar-refractivity contribution in [3.8, 4) is 0 Å². The molecule has 3 nitrogen and oxygen atoms in total. The van der Waals surface area contributed by atoms with Crippen molar-refractivity contribution in [2.75, 3.05) is 19.6 Å². The highest BCUT2D eigenvalue weighted by molar-refractivity contribution is 5.77. The molecule has 0 fully saturated rings. The predicted octanol–water partition coefficient (Wildman–Crippen LogP) is 1.98. The first kappa shape index (κ1) is 14.7. The summed E-state index contributed by atoms with van der Waals surface area (Å²) in [7, 11) is 0. The van der Waals surface area contributed by atoms with E-state index in [1.165, 1.54) is 5.56 Å². The number of benzene rings is 1. The summed E-state index contributed by atoms with van der Waals surface area (Å²) in [4.78, 5) is 11.5. The van der Waals surface area contributed by atoms with Crippen molar-refractivity contribution in [2.24, 2.45) is 5.92 Å². The van der Waals surface area contributed by atoms with Gasteiger partial charge < -0.3 is 10.6 Å². The normalized spacial score (nSPS) is 10.6. The lowest BCUT2D eigenvalue weighted by molar-refractivity contribution is -0.120. The van der Waals surface area contributed by atoms with Gasteiger partial charge in [0.2, 0.25) is 5.91 Å². The molecule has 1 aromatic carbocycles. The van der Waals surface area contributed by atoms with Crippen LogP contribution in [0.5, 0.6) is 0 Å². The number of rotatable bonds is 8. The highest BCUT2D eigenvalue weighted by Gasteiger charge is 2.00. The minimum Gasteiger partial charge on any atom is -0.355 e. The molecular weight excluding hydrogens is 224 g/mol. The minimum absolute atomic E-state index is 0.0868. The van der Waals surface area contributed by atoms with Gasteiger partial charge in [-0.25, -0.2) is 0 Å². The maximum Gasteiger partial charge on any atom is 0.233 e. The zero-order valence-electron chi connectivity index (χ0n) is 11.4. The van der Waals surface area contributed by atoms with Gasteiger partial charge in [-0.05, 0) is 30.9 Å². The maximum atomic E-state index is 11.5. The van der Waals surface area contributed by atoms with Crippen molar-refractivity contribution in [1.29, 1.82) is 0 Å². The molecule has 0 spiro atoms. The summed E-state index contributed by atoms with van der Waals surface area (Å²) >= 11 is 0. The molecule has 1 rings (SSSR count). The summed E-state index contributed by atoms with van der Waals surface area (Å²) in [5, 5.41) is 6.06. The van der Waals surface area contributed by atoms with Crippen LogP contribution < -0.4 is 10.6 Å². The molecule has 100 valence electrons. The second-order valence-corrected chi connectivity index (χ2v) is 4.96. The molecule has 0 aromatic heterocycles. The first-order valence-corrected chi connectivity index (χ1v) is 6.70. The van der Waals surface area contributed by atoms with Gasteiger partial charge in [0, 0.05) is 6.54 Å². The van der Waals surface area contributed by atoms with Crippen molar-refractivity contribution in [3.63, 3.8) is 0 Å². The van der Waals surface area contributed by atoms with Gasteiger partial charge in [-0.2, -0.15) is 0 Å². The van der Waals surface area contributed by atoms with Crippen molar-refractivity contribution >= 4 is 5.91 Å². The van der Waals surface area contributed by atoms with Gasteiger partial charge in [0.05, 0.1) is 6.54 Å². The van der Waals surface area contributed by atoms with E-state index in [1.807, 2.05) is 18.2 Å². The summed E-state index contributed by atoms with van der Waals surface area (Å²) in [6, 6.07) is 10.3. The average molecular weight is 248 g/mol. The third kappa shape index (κ3) is 7.07. The van der Waals surface area contributed by atoms with Crippen LogP contribution in [-0.2, 0) is 11.2 Å². The first-order valence-electron chi connectivity index (χ1n) is 6.70. The zero-order chi connectivity index (χ0) is 13.2. The predicted molar refractivity (Wildman–Crippen MR) is 75.5 cm³/mol. The fourth-order valence-corrected chi connectivity index (χ4v) is 1.70. The van der Waals surface area contributed by atoms with E-state index in [0.29, 0.717) is 12.5 Å². The number of carbonyl (C=O) groups excluding carboxylic acids is 1. The molecule has 0 atom stereocenters. The molecule has 0 bridgehead atoms. The quantitative estimate of drug-likeness (QED) is 0.691. The van der Waals surface area contributed by atoms with Crippen LogP contribution in [0.3, 0.4) is 0 Å². The molecule has 0 aliphatic carbocycles. The smallest absolute Gasteiger partial charge is 0.233 e. The Morgan fingerprint density at radius 3 is 2.61 bits per heavy atom. The summed E-state index contributed by atoms with van der Waals surface area (Å²) in [6.45, 7) is 6.31. The van der Waals surface area contributed by atoms with Crippen LogP contribution in [-0.4, -0.2) is 25.5 Å². The highest BCUT2D eigenvalue weighted by atomic mass is 16.1. The fourth-order valence-electron chi connectivity index (χ4n) is 1.70. The van der Waals surface area contributed by atoms with E-state index in [1.54, 1.807) is 0 Å². The molecule has 0 aliphatic heterocycles. The molecule has 0 heterocycles. The van der Waals surface area contributed by atoms with E-state index in [9.17, 15) is 4.79 Å². The number of hydrogen-bond acceptors (Lipinski definition) is 2. The Bertz CT molecular complexity index is 336. The van der Waals surface area contributed by atoms with Crippen molar-refractivity contribution in [2.45, 2.75) is 26.7 Å². The molecule has 0 saturated heterocycles. The minimum atomic E-state index is 0.0868. The van der Waals surface area contributed by atoms with Crippen LogP contribution in [0.4, 0.5) is 0 Å². The van der Waals surface area contributed by atoms with Crippen molar-refractivity contribution in [1.82, 2.24) is 10.6 Å². The lowest BCUT2D eigenvalue weighted by atomic mass is 10.1. The van der Waals surface area contributed by atoms with E-state index in [0.717, 1.165) is 25.9 Å². The number of aryl methyl sites for hydroxylation is 1. The fraction of sp³-hybridized carbons (Fsp3) is 0.533. The second kappa shape index (κ2) is 8.70. The average Bonchev–Trinajstić information content (AvgIpc) is 2.35. The van der Waals surface area contributed by atoms with Crippen molar-refractivity contribution < 1.29 is 4.79 Å². The van der Waals surface area contributed by atoms with Gasteiger partial charge in [0.25, 0.3) is 0 Å².